The zero-order chi connectivity index (χ0) is 26.7. The van der Waals surface area contributed by atoms with Crippen LogP contribution in [-0.2, 0) is 20.1 Å². The zero-order valence-corrected chi connectivity index (χ0v) is 24.3. The minimum Gasteiger partial charge on any atom is -0.295 e. The van der Waals surface area contributed by atoms with Gasteiger partial charge >= 0.3 is 0 Å². The molecule has 7 rings (SSSR count). The Morgan fingerprint density at radius 1 is 0.463 bits per heavy atom. The predicted molar refractivity (Wildman–Crippen MR) is 161 cm³/mol. The van der Waals surface area contributed by atoms with Crippen LogP contribution in [0.2, 0.25) is 0 Å². The molecule has 5 aromatic carbocycles. The molecule has 0 saturated carbocycles. The van der Waals surface area contributed by atoms with Crippen LogP contribution >= 0.6 is 0 Å². The van der Waals surface area contributed by atoms with E-state index in [2.05, 4.69) is 59.6 Å². The average molecular weight is 704 g/mol. The van der Waals surface area contributed by atoms with E-state index in [0.717, 1.165) is 49.8 Å². The third kappa shape index (κ3) is 5.46. The van der Waals surface area contributed by atoms with Crippen molar-refractivity contribution in [3.63, 3.8) is 0 Å². The van der Waals surface area contributed by atoms with Crippen molar-refractivity contribution in [3.05, 3.63) is 146 Å². The summed E-state index contributed by atoms with van der Waals surface area (Å²) in [7, 11) is 0. The molecule has 0 spiro atoms. The van der Waals surface area contributed by atoms with Crippen molar-refractivity contribution in [3.8, 4) is 56.5 Å². The molecule has 0 saturated heterocycles. The average Bonchev–Trinajstić information content (AvgIpc) is 3.05. The number of hydrogen-bond acceptors (Lipinski definition) is 4. The van der Waals surface area contributed by atoms with Crippen molar-refractivity contribution in [2.24, 2.45) is 0 Å². The summed E-state index contributed by atoms with van der Waals surface area (Å²) >= 11 is 0. The smallest absolute Gasteiger partial charge is 0.164 e. The molecule has 5 heteroatoms. The monoisotopic (exact) mass is 704 g/mol. The normalized spacial score (nSPS) is 10.7. The maximum atomic E-state index is 4.87. The number of fused-ring (bicyclic) bond motifs is 1. The molecule has 2 heterocycles. The predicted octanol–water partition coefficient (Wildman–Crippen LogP) is 8.55. The molecule has 0 aliphatic carbocycles. The molecule has 1 radical (unpaired) electrons. The van der Waals surface area contributed by atoms with Crippen molar-refractivity contribution in [1.82, 2.24) is 19.9 Å². The van der Waals surface area contributed by atoms with Crippen LogP contribution in [0.1, 0.15) is 0 Å². The van der Waals surface area contributed by atoms with Gasteiger partial charge in [-0.15, -0.1) is 23.6 Å². The molecule has 4 nitrogen and oxygen atoms in total. The maximum absolute atomic E-state index is 4.87. The summed E-state index contributed by atoms with van der Waals surface area (Å²) in [6, 6.07) is 48.5. The Bertz CT molecular complexity index is 1870. The van der Waals surface area contributed by atoms with Gasteiger partial charge in [-0.1, -0.05) is 132 Å². The van der Waals surface area contributed by atoms with Gasteiger partial charge in [0.15, 0.2) is 17.5 Å². The van der Waals surface area contributed by atoms with Gasteiger partial charge in [0.2, 0.25) is 0 Å². The van der Waals surface area contributed by atoms with E-state index in [4.69, 9.17) is 15.0 Å². The van der Waals surface area contributed by atoms with Gasteiger partial charge in [-0.2, -0.15) is 0 Å². The van der Waals surface area contributed by atoms with Crippen LogP contribution in [0.25, 0.3) is 67.3 Å². The first-order chi connectivity index (χ1) is 19.8. The quantitative estimate of drug-likeness (QED) is 0.169. The molecule has 0 aliphatic heterocycles. The Labute approximate surface area is 252 Å². The molecule has 197 valence electrons. The number of nitrogens with zero attached hydrogens (tertiary/aromatic N) is 4. The van der Waals surface area contributed by atoms with Crippen molar-refractivity contribution in [1.29, 1.82) is 0 Å². The number of aromatic nitrogens is 4. The van der Waals surface area contributed by atoms with Crippen LogP contribution in [0, 0.1) is 6.07 Å². The van der Waals surface area contributed by atoms with Crippen molar-refractivity contribution in [2.45, 2.75) is 0 Å². The Morgan fingerprint density at radius 3 is 1.56 bits per heavy atom. The van der Waals surface area contributed by atoms with E-state index in [-0.39, 0.29) is 20.1 Å². The minimum atomic E-state index is 0. The van der Waals surface area contributed by atoms with Gasteiger partial charge in [-0.25, -0.2) is 15.0 Å². The summed E-state index contributed by atoms with van der Waals surface area (Å²) < 4.78 is 0. The fraction of sp³-hybridized carbons (Fsp3) is 0. The van der Waals surface area contributed by atoms with Crippen LogP contribution in [0.15, 0.2) is 140 Å². The molecule has 0 atom stereocenters. The molecule has 0 aliphatic rings. The van der Waals surface area contributed by atoms with Gasteiger partial charge in [0.25, 0.3) is 0 Å². The second kappa shape index (κ2) is 11.7. The van der Waals surface area contributed by atoms with Gasteiger partial charge in [-0.3, -0.25) is 4.98 Å². The topological polar surface area (TPSA) is 51.6 Å². The summed E-state index contributed by atoms with van der Waals surface area (Å²) in [6.45, 7) is 0. The van der Waals surface area contributed by atoms with Gasteiger partial charge in [-0.05, 0) is 11.6 Å². The Hall–Kier alpha value is -4.83. The largest absolute Gasteiger partial charge is 0.295 e. The Kier molecular flexibility index (Phi) is 7.55. The van der Waals surface area contributed by atoms with E-state index in [0.29, 0.717) is 17.5 Å². The van der Waals surface area contributed by atoms with Crippen LogP contribution in [0.3, 0.4) is 0 Å². The zero-order valence-electron chi connectivity index (χ0n) is 21.9. The van der Waals surface area contributed by atoms with Crippen LogP contribution < -0.4 is 0 Å². The number of benzene rings is 5. The summed E-state index contributed by atoms with van der Waals surface area (Å²) in [4.78, 5) is 19.1. The summed E-state index contributed by atoms with van der Waals surface area (Å²) in [5.41, 5.74) is 6.94. The third-order valence-electron chi connectivity index (χ3n) is 6.87. The SMILES string of the molecule is [Ir].[c-]1c(-c2ccccn2)cc(-c2ccc(-c3nc(-c4ccccc4)nc(-c4ccccc4)n3)cc2)c2ccccc12. The van der Waals surface area contributed by atoms with Gasteiger partial charge < -0.3 is 0 Å². The fourth-order valence-corrected chi connectivity index (χ4v) is 4.87. The second-order valence-corrected chi connectivity index (χ2v) is 9.47. The molecule has 2 aromatic heterocycles. The summed E-state index contributed by atoms with van der Waals surface area (Å²) in [5, 5.41) is 2.20. The summed E-state index contributed by atoms with van der Waals surface area (Å²) in [5.74, 6) is 1.94. The van der Waals surface area contributed by atoms with E-state index >= 15 is 0 Å². The first kappa shape index (κ1) is 26.4. The first-order valence-corrected chi connectivity index (χ1v) is 13.2. The van der Waals surface area contributed by atoms with Crippen LogP contribution in [0.5, 0.6) is 0 Å². The molecule has 41 heavy (non-hydrogen) atoms. The fourth-order valence-electron chi connectivity index (χ4n) is 4.87. The Morgan fingerprint density at radius 2 is 0.976 bits per heavy atom. The van der Waals surface area contributed by atoms with E-state index in [9.17, 15) is 0 Å². The molecule has 0 amide bonds. The molecular formula is C36H23IrN4-. The number of hydrogen-bond donors (Lipinski definition) is 0. The minimum absolute atomic E-state index is 0. The molecule has 7 aromatic rings. The van der Waals surface area contributed by atoms with Crippen molar-refractivity contribution < 1.29 is 20.1 Å². The van der Waals surface area contributed by atoms with Crippen molar-refractivity contribution >= 4 is 10.8 Å². The molecule has 0 bridgehead atoms. The van der Waals surface area contributed by atoms with Gasteiger partial charge in [0.05, 0.1) is 0 Å². The number of rotatable bonds is 5. The summed E-state index contributed by atoms with van der Waals surface area (Å²) in [6.07, 6.45) is 1.81. The van der Waals surface area contributed by atoms with E-state index in [1.807, 2.05) is 91.1 Å². The van der Waals surface area contributed by atoms with Crippen LogP contribution in [0.4, 0.5) is 0 Å². The van der Waals surface area contributed by atoms with Gasteiger partial charge in [0, 0.05) is 48.7 Å². The molecule has 0 fully saturated rings. The molecule has 0 unspecified atom stereocenters. The maximum Gasteiger partial charge on any atom is 0.164 e. The van der Waals surface area contributed by atoms with Crippen LogP contribution in [-0.4, -0.2) is 19.9 Å². The molecular weight excluding hydrogens is 681 g/mol. The standard InChI is InChI=1S/C36H23N4.Ir/c1-3-11-26(12-4-1)34-38-35(27-13-5-2-6-14-27)40-36(39-34)28-20-18-25(19-21-28)32-24-30(33-17-9-10-22-37-33)23-29-15-7-8-16-31(29)32;/h1-22,24H;/q-1;. The Balaban J connectivity index is 0.00000302. The van der Waals surface area contributed by atoms with E-state index in [1.54, 1.807) is 0 Å². The second-order valence-electron chi connectivity index (χ2n) is 9.47. The van der Waals surface area contributed by atoms with E-state index < -0.39 is 0 Å². The third-order valence-corrected chi connectivity index (χ3v) is 6.87. The first-order valence-electron chi connectivity index (χ1n) is 13.2. The molecule has 0 N–H and O–H groups in total. The van der Waals surface area contributed by atoms with Gasteiger partial charge in [0.1, 0.15) is 0 Å². The van der Waals surface area contributed by atoms with E-state index in [1.165, 1.54) is 0 Å². The number of pyridine rings is 1. The van der Waals surface area contributed by atoms with Crippen molar-refractivity contribution in [2.75, 3.05) is 0 Å².